The number of nitrogens with two attached hydrogens (primary N) is 1. The zero-order valence-corrected chi connectivity index (χ0v) is 11.5. The van der Waals surface area contributed by atoms with Crippen LogP contribution in [0.15, 0.2) is 0 Å². The van der Waals surface area contributed by atoms with Crippen LogP contribution in [-0.4, -0.2) is 54.1 Å². The molecule has 3 nitrogen and oxygen atoms in total. The van der Waals surface area contributed by atoms with Crippen LogP contribution in [0.3, 0.4) is 0 Å². The molecule has 0 aromatic heterocycles. The standard InChI is InChI=1S/C13H29N3/c1-5-16(6-2)13(11-14)7-9-15(10-8-13)12(3)4/h12H,5-11,14H2,1-4H3. The third kappa shape index (κ3) is 2.76. The van der Waals surface area contributed by atoms with E-state index >= 15 is 0 Å². The van der Waals surface area contributed by atoms with Gasteiger partial charge in [0.1, 0.15) is 0 Å². The SMILES string of the molecule is CCN(CC)C1(CN)CCN(C(C)C)CC1. The molecule has 0 radical (unpaired) electrons. The molecule has 0 amide bonds. The number of nitrogens with zero attached hydrogens (tertiary/aromatic N) is 2. The Morgan fingerprint density at radius 3 is 2.00 bits per heavy atom. The summed E-state index contributed by atoms with van der Waals surface area (Å²) >= 11 is 0. The van der Waals surface area contributed by atoms with Gasteiger partial charge < -0.3 is 10.6 Å². The maximum absolute atomic E-state index is 6.05. The Morgan fingerprint density at radius 1 is 1.19 bits per heavy atom. The minimum Gasteiger partial charge on any atom is -0.329 e. The number of hydrogen-bond donors (Lipinski definition) is 1. The summed E-state index contributed by atoms with van der Waals surface area (Å²) in [4.78, 5) is 5.13. The van der Waals surface area contributed by atoms with Crippen molar-refractivity contribution in [3.05, 3.63) is 0 Å². The van der Waals surface area contributed by atoms with Crippen LogP contribution in [0.4, 0.5) is 0 Å². The molecule has 1 rings (SSSR count). The van der Waals surface area contributed by atoms with Crippen molar-refractivity contribution in [3.8, 4) is 0 Å². The van der Waals surface area contributed by atoms with Gasteiger partial charge in [-0.25, -0.2) is 0 Å². The van der Waals surface area contributed by atoms with Crippen molar-refractivity contribution in [1.82, 2.24) is 9.80 Å². The summed E-state index contributed by atoms with van der Waals surface area (Å²) in [7, 11) is 0. The van der Waals surface area contributed by atoms with E-state index in [1.54, 1.807) is 0 Å². The number of likely N-dealkylation sites (N-methyl/N-ethyl adjacent to an activating group) is 1. The second kappa shape index (κ2) is 5.99. The van der Waals surface area contributed by atoms with Crippen LogP contribution in [0.25, 0.3) is 0 Å². The van der Waals surface area contributed by atoms with Gasteiger partial charge in [-0.05, 0) is 39.8 Å². The molecule has 1 aliphatic rings. The monoisotopic (exact) mass is 227 g/mol. The molecule has 0 saturated carbocycles. The lowest BCUT2D eigenvalue weighted by Crippen LogP contribution is -2.60. The fraction of sp³-hybridized carbons (Fsp3) is 1.00. The number of hydrogen-bond acceptors (Lipinski definition) is 3. The molecule has 0 aliphatic carbocycles. The largest absolute Gasteiger partial charge is 0.329 e. The summed E-state index contributed by atoms with van der Waals surface area (Å²) in [5.74, 6) is 0. The summed E-state index contributed by atoms with van der Waals surface area (Å²) in [6, 6.07) is 0.674. The Bertz CT molecular complexity index is 191. The highest BCUT2D eigenvalue weighted by atomic mass is 15.2. The summed E-state index contributed by atoms with van der Waals surface area (Å²) in [5.41, 5.74) is 6.32. The van der Waals surface area contributed by atoms with Crippen molar-refractivity contribution in [1.29, 1.82) is 0 Å². The maximum atomic E-state index is 6.05. The van der Waals surface area contributed by atoms with Crippen LogP contribution in [0.1, 0.15) is 40.5 Å². The first-order valence-corrected chi connectivity index (χ1v) is 6.78. The van der Waals surface area contributed by atoms with Crippen LogP contribution in [0.2, 0.25) is 0 Å². The van der Waals surface area contributed by atoms with Crippen molar-refractivity contribution >= 4 is 0 Å². The van der Waals surface area contributed by atoms with E-state index in [4.69, 9.17) is 5.73 Å². The second-order valence-electron chi connectivity index (χ2n) is 5.23. The lowest BCUT2D eigenvalue weighted by molar-refractivity contribution is 0.0243. The van der Waals surface area contributed by atoms with Gasteiger partial charge in [-0.3, -0.25) is 4.90 Å². The smallest absolute Gasteiger partial charge is 0.0355 e. The van der Waals surface area contributed by atoms with E-state index in [1.165, 1.54) is 25.9 Å². The van der Waals surface area contributed by atoms with Crippen molar-refractivity contribution in [2.45, 2.75) is 52.1 Å². The molecule has 2 N–H and O–H groups in total. The summed E-state index contributed by atoms with van der Waals surface area (Å²) in [5, 5.41) is 0. The molecule has 0 spiro atoms. The third-order valence-electron chi connectivity index (χ3n) is 4.27. The molecule has 1 heterocycles. The quantitative estimate of drug-likeness (QED) is 0.773. The molecule has 0 aromatic carbocycles. The summed E-state index contributed by atoms with van der Waals surface area (Å²) < 4.78 is 0. The van der Waals surface area contributed by atoms with Gasteiger partial charge in [-0.2, -0.15) is 0 Å². The van der Waals surface area contributed by atoms with E-state index in [2.05, 4.69) is 37.5 Å². The van der Waals surface area contributed by atoms with Gasteiger partial charge in [0, 0.05) is 31.2 Å². The van der Waals surface area contributed by atoms with Gasteiger partial charge in [0.25, 0.3) is 0 Å². The molecule has 1 fully saturated rings. The minimum atomic E-state index is 0.273. The van der Waals surface area contributed by atoms with Gasteiger partial charge in [0.15, 0.2) is 0 Å². The lowest BCUT2D eigenvalue weighted by Gasteiger charge is -2.48. The average molecular weight is 227 g/mol. The van der Waals surface area contributed by atoms with Gasteiger partial charge in [-0.15, -0.1) is 0 Å². The highest BCUT2D eigenvalue weighted by Gasteiger charge is 2.37. The molecule has 1 saturated heterocycles. The van der Waals surface area contributed by atoms with Crippen LogP contribution in [-0.2, 0) is 0 Å². The Balaban J connectivity index is 2.64. The first kappa shape index (κ1) is 13.9. The van der Waals surface area contributed by atoms with Crippen LogP contribution < -0.4 is 5.73 Å². The first-order valence-electron chi connectivity index (χ1n) is 6.78. The van der Waals surface area contributed by atoms with Crippen molar-refractivity contribution in [2.75, 3.05) is 32.7 Å². The second-order valence-corrected chi connectivity index (χ2v) is 5.23. The molecule has 3 heteroatoms. The van der Waals surface area contributed by atoms with Crippen molar-refractivity contribution in [3.63, 3.8) is 0 Å². The molecule has 0 unspecified atom stereocenters. The predicted octanol–water partition coefficient (Wildman–Crippen LogP) is 1.53. The van der Waals surface area contributed by atoms with Gasteiger partial charge >= 0.3 is 0 Å². The zero-order valence-electron chi connectivity index (χ0n) is 11.5. The van der Waals surface area contributed by atoms with E-state index in [-0.39, 0.29) is 5.54 Å². The van der Waals surface area contributed by atoms with E-state index in [9.17, 15) is 0 Å². The van der Waals surface area contributed by atoms with Crippen molar-refractivity contribution < 1.29 is 0 Å². The highest BCUT2D eigenvalue weighted by Crippen LogP contribution is 2.28. The number of piperidine rings is 1. The van der Waals surface area contributed by atoms with E-state index < -0.39 is 0 Å². The highest BCUT2D eigenvalue weighted by molar-refractivity contribution is 4.96. The molecular formula is C13H29N3. The van der Waals surface area contributed by atoms with E-state index in [0.717, 1.165) is 19.6 Å². The third-order valence-corrected chi connectivity index (χ3v) is 4.27. The Labute approximate surface area is 101 Å². The fourth-order valence-electron chi connectivity index (χ4n) is 3.00. The molecular weight excluding hydrogens is 198 g/mol. The van der Waals surface area contributed by atoms with E-state index in [0.29, 0.717) is 6.04 Å². The van der Waals surface area contributed by atoms with Gasteiger partial charge in [0.05, 0.1) is 0 Å². The minimum absolute atomic E-state index is 0.273. The van der Waals surface area contributed by atoms with Gasteiger partial charge in [-0.1, -0.05) is 13.8 Å². The molecule has 96 valence electrons. The number of rotatable bonds is 5. The molecule has 0 bridgehead atoms. The Kier molecular flexibility index (Phi) is 5.22. The Morgan fingerprint density at radius 2 is 1.69 bits per heavy atom. The lowest BCUT2D eigenvalue weighted by atomic mass is 9.85. The summed E-state index contributed by atoms with van der Waals surface area (Å²) in [6.07, 6.45) is 2.45. The van der Waals surface area contributed by atoms with Gasteiger partial charge in [0.2, 0.25) is 0 Å². The maximum Gasteiger partial charge on any atom is 0.0355 e. The normalized spacial score (nSPS) is 21.9. The zero-order chi connectivity index (χ0) is 12.2. The summed E-state index contributed by atoms with van der Waals surface area (Å²) in [6.45, 7) is 14.5. The molecule has 16 heavy (non-hydrogen) atoms. The average Bonchev–Trinajstić information content (AvgIpc) is 2.31. The van der Waals surface area contributed by atoms with Crippen LogP contribution in [0, 0.1) is 0 Å². The predicted molar refractivity (Wildman–Crippen MR) is 70.6 cm³/mol. The number of likely N-dealkylation sites (tertiary alicyclic amines) is 1. The Hall–Kier alpha value is -0.120. The molecule has 0 aromatic rings. The van der Waals surface area contributed by atoms with E-state index in [1.807, 2.05) is 0 Å². The van der Waals surface area contributed by atoms with Crippen LogP contribution >= 0.6 is 0 Å². The fourth-order valence-corrected chi connectivity index (χ4v) is 3.00. The van der Waals surface area contributed by atoms with Crippen molar-refractivity contribution in [2.24, 2.45) is 5.73 Å². The molecule has 0 atom stereocenters. The van der Waals surface area contributed by atoms with Crippen LogP contribution in [0.5, 0.6) is 0 Å². The first-order chi connectivity index (χ1) is 7.59. The topological polar surface area (TPSA) is 32.5 Å². The molecule has 1 aliphatic heterocycles.